The van der Waals surface area contributed by atoms with E-state index in [1.54, 1.807) is 19.2 Å². The maximum atomic E-state index is 11.8. The van der Waals surface area contributed by atoms with Gasteiger partial charge < -0.3 is 4.74 Å². The highest BCUT2D eigenvalue weighted by atomic mass is 35.5. The van der Waals surface area contributed by atoms with E-state index in [4.69, 9.17) is 27.9 Å². The van der Waals surface area contributed by atoms with Gasteiger partial charge in [-0.15, -0.1) is 0 Å². The van der Waals surface area contributed by atoms with E-state index < -0.39 is 0 Å². The summed E-state index contributed by atoms with van der Waals surface area (Å²) >= 11 is 11.9. The van der Waals surface area contributed by atoms with Gasteiger partial charge in [-0.2, -0.15) is 0 Å². The van der Waals surface area contributed by atoms with Gasteiger partial charge in [0.2, 0.25) is 0 Å². The lowest BCUT2D eigenvalue weighted by molar-refractivity contribution is -0.119. The van der Waals surface area contributed by atoms with Crippen molar-refractivity contribution in [1.82, 2.24) is 0 Å². The number of halogens is 2. The van der Waals surface area contributed by atoms with Crippen molar-refractivity contribution >= 4 is 29.0 Å². The Morgan fingerprint density at radius 2 is 2.12 bits per heavy atom. The van der Waals surface area contributed by atoms with E-state index in [0.29, 0.717) is 29.5 Å². The smallest absolute Gasteiger partial charge is 0.137 e. The topological polar surface area (TPSA) is 26.3 Å². The standard InChI is InChI=1S/C13H16Cl2O2/c1-9(8-17-2)6-11(16)7-10-4-3-5-12(14)13(10)15/h3-5,9H,6-8H2,1-2H3. The average Bonchev–Trinajstić information content (AvgIpc) is 2.25. The van der Waals surface area contributed by atoms with Crippen molar-refractivity contribution in [2.24, 2.45) is 5.92 Å². The van der Waals surface area contributed by atoms with Crippen LogP contribution in [-0.2, 0) is 16.0 Å². The van der Waals surface area contributed by atoms with Crippen LogP contribution in [0.1, 0.15) is 18.9 Å². The van der Waals surface area contributed by atoms with Crippen LogP contribution in [0.2, 0.25) is 10.0 Å². The highest BCUT2D eigenvalue weighted by molar-refractivity contribution is 6.42. The number of methoxy groups -OCH3 is 1. The molecule has 1 rings (SSSR count). The fourth-order valence-corrected chi connectivity index (χ4v) is 2.09. The van der Waals surface area contributed by atoms with Crippen LogP contribution < -0.4 is 0 Å². The molecular weight excluding hydrogens is 259 g/mol. The molecule has 0 saturated heterocycles. The Hall–Kier alpha value is -0.570. The Balaban J connectivity index is 2.59. The largest absolute Gasteiger partial charge is 0.384 e. The van der Waals surface area contributed by atoms with Crippen LogP contribution in [0.5, 0.6) is 0 Å². The number of hydrogen-bond acceptors (Lipinski definition) is 2. The number of carbonyl (C=O) groups is 1. The van der Waals surface area contributed by atoms with Crippen molar-refractivity contribution in [2.45, 2.75) is 19.8 Å². The summed E-state index contributed by atoms with van der Waals surface area (Å²) in [6, 6.07) is 5.34. The lowest BCUT2D eigenvalue weighted by atomic mass is 10.0. The SMILES string of the molecule is COCC(C)CC(=O)Cc1cccc(Cl)c1Cl. The number of ketones is 1. The first-order valence-electron chi connectivity index (χ1n) is 5.48. The fourth-order valence-electron chi connectivity index (χ4n) is 1.70. The molecule has 94 valence electrons. The van der Waals surface area contributed by atoms with Crippen molar-refractivity contribution in [2.75, 3.05) is 13.7 Å². The van der Waals surface area contributed by atoms with Crippen molar-refractivity contribution in [1.29, 1.82) is 0 Å². The third-order valence-corrected chi connectivity index (χ3v) is 3.30. The van der Waals surface area contributed by atoms with E-state index in [2.05, 4.69) is 0 Å². The highest BCUT2D eigenvalue weighted by Crippen LogP contribution is 2.26. The molecular formula is C13H16Cl2O2. The van der Waals surface area contributed by atoms with E-state index in [1.807, 2.05) is 13.0 Å². The molecule has 0 aliphatic heterocycles. The Morgan fingerprint density at radius 1 is 1.41 bits per heavy atom. The lowest BCUT2D eigenvalue weighted by Gasteiger charge is -2.10. The van der Waals surface area contributed by atoms with Gasteiger partial charge in [-0.1, -0.05) is 42.3 Å². The minimum absolute atomic E-state index is 0.152. The first kappa shape index (κ1) is 14.5. The Bertz CT molecular complexity index is 391. The molecule has 0 bridgehead atoms. The van der Waals surface area contributed by atoms with E-state index in [-0.39, 0.29) is 11.7 Å². The fraction of sp³-hybridized carbons (Fsp3) is 0.462. The van der Waals surface area contributed by atoms with Crippen molar-refractivity contribution < 1.29 is 9.53 Å². The molecule has 1 aromatic carbocycles. The Morgan fingerprint density at radius 3 is 2.76 bits per heavy atom. The molecule has 0 aliphatic carbocycles. The summed E-state index contributed by atoms with van der Waals surface area (Å²) in [6.07, 6.45) is 0.824. The van der Waals surface area contributed by atoms with Crippen LogP contribution >= 0.6 is 23.2 Å². The molecule has 4 heteroatoms. The quantitative estimate of drug-likeness (QED) is 0.789. The van der Waals surface area contributed by atoms with Gasteiger partial charge in [-0.05, 0) is 17.5 Å². The minimum Gasteiger partial charge on any atom is -0.384 e. The van der Waals surface area contributed by atoms with Crippen LogP contribution in [0, 0.1) is 5.92 Å². The predicted octanol–water partition coefficient (Wildman–Crippen LogP) is 3.78. The van der Waals surface area contributed by atoms with Crippen molar-refractivity contribution in [3.05, 3.63) is 33.8 Å². The van der Waals surface area contributed by atoms with E-state index >= 15 is 0 Å². The molecule has 0 amide bonds. The molecule has 17 heavy (non-hydrogen) atoms. The number of rotatable bonds is 6. The molecule has 0 heterocycles. The second-order valence-electron chi connectivity index (χ2n) is 4.19. The molecule has 0 spiro atoms. The van der Waals surface area contributed by atoms with Gasteiger partial charge in [0.25, 0.3) is 0 Å². The van der Waals surface area contributed by atoms with Crippen molar-refractivity contribution in [3.63, 3.8) is 0 Å². The van der Waals surface area contributed by atoms with Crippen LogP contribution in [0.25, 0.3) is 0 Å². The maximum absolute atomic E-state index is 11.8. The minimum atomic E-state index is 0.152. The van der Waals surface area contributed by atoms with Gasteiger partial charge in [-0.3, -0.25) is 4.79 Å². The van der Waals surface area contributed by atoms with Crippen LogP contribution in [-0.4, -0.2) is 19.5 Å². The number of carbonyl (C=O) groups excluding carboxylic acids is 1. The highest BCUT2D eigenvalue weighted by Gasteiger charge is 2.12. The molecule has 0 N–H and O–H groups in total. The zero-order chi connectivity index (χ0) is 12.8. The third-order valence-electron chi connectivity index (χ3n) is 2.45. The summed E-state index contributed by atoms with van der Waals surface area (Å²) in [7, 11) is 1.63. The summed E-state index contributed by atoms with van der Waals surface area (Å²) in [5.74, 6) is 0.379. The average molecular weight is 275 g/mol. The molecule has 2 nitrogen and oxygen atoms in total. The van der Waals surface area contributed by atoms with Gasteiger partial charge in [-0.25, -0.2) is 0 Å². The van der Waals surface area contributed by atoms with E-state index in [0.717, 1.165) is 5.56 Å². The number of benzene rings is 1. The van der Waals surface area contributed by atoms with Gasteiger partial charge >= 0.3 is 0 Å². The zero-order valence-electron chi connectivity index (χ0n) is 10.0. The maximum Gasteiger partial charge on any atom is 0.137 e. The van der Waals surface area contributed by atoms with E-state index in [1.165, 1.54) is 0 Å². The van der Waals surface area contributed by atoms with Gasteiger partial charge in [0.05, 0.1) is 10.0 Å². The Kier molecular flexibility index (Phi) is 5.96. The molecule has 1 unspecified atom stereocenters. The zero-order valence-corrected chi connectivity index (χ0v) is 11.5. The summed E-state index contributed by atoms with van der Waals surface area (Å²) < 4.78 is 5.00. The molecule has 0 aliphatic rings. The lowest BCUT2D eigenvalue weighted by Crippen LogP contribution is -2.12. The summed E-state index contributed by atoms with van der Waals surface area (Å²) in [4.78, 5) is 11.8. The van der Waals surface area contributed by atoms with E-state index in [9.17, 15) is 4.79 Å². The van der Waals surface area contributed by atoms with Crippen LogP contribution in [0.4, 0.5) is 0 Å². The summed E-state index contributed by atoms with van der Waals surface area (Å²) in [6.45, 7) is 2.58. The Labute approximate surface area is 112 Å². The summed E-state index contributed by atoms with van der Waals surface area (Å²) in [5.41, 5.74) is 0.786. The monoisotopic (exact) mass is 274 g/mol. The first-order valence-corrected chi connectivity index (χ1v) is 6.23. The third kappa shape index (κ3) is 4.66. The molecule has 0 radical (unpaired) electrons. The van der Waals surface area contributed by atoms with Crippen molar-refractivity contribution in [3.8, 4) is 0 Å². The molecule has 0 aromatic heterocycles. The predicted molar refractivity (Wildman–Crippen MR) is 70.8 cm³/mol. The first-order chi connectivity index (χ1) is 8.04. The van der Waals surface area contributed by atoms with Crippen LogP contribution in [0.3, 0.4) is 0 Å². The second-order valence-corrected chi connectivity index (χ2v) is 4.98. The summed E-state index contributed by atoms with van der Waals surface area (Å²) in [5, 5.41) is 0.962. The number of ether oxygens (including phenoxy) is 1. The van der Waals surface area contributed by atoms with Gasteiger partial charge in [0.15, 0.2) is 0 Å². The number of hydrogen-bond donors (Lipinski definition) is 0. The molecule has 0 saturated carbocycles. The normalized spacial score (nSPS) is 12.5. The van der Waals surface area contributed by atoms with Gasteiger partial charge in [0, 0.05) is 26.6 Å². The molecule has 1 atom stereocenters. The molecule has 0 fully saturated rings. The molecule has 1 aromatic rings. The van der Waals surface area contributed by atoms with Crippen LogP contribution in [0.15, 0.2) is 18.2 Å². The number of Topliss-reactive ketones (excluding diaryl/α,β-unsaturated/α-hetero) is 1. The van der Waals surface area contributed by atoms with Gasteiger partial charge in [0.1, 0.15) is 5.78 Å². The second kappa shape index (κ2) is 7.00.